The summed E-state index contributed by atoms with van der Waals surface area (Å²) in [4.78, 5) is 11.8. The highest BCUT2D eigenvalue weighted by molar-refractivity contribution is 5.73. The van der Waals surface area contributed by atoms with Crippen molar-refractivity contribution in [2.45, 2.75) is 32.6 Å². The van der Waals surface area contributed by atoms with E-state index >= 15 is 0 Å². The zero-order valence-corrected chi connectivity index (χ0v) is 14.6. The van der Waals surface area contributed by atoms with Crippen molar-refractivity contribution in [1.82, 2.24) is 15.2 Å². The second-order valence-electron chi connectivity index (χ2n) is 6.05. The van der Waals surface area contributed by atoms with Crippen molar-refractivity contribution in [3.05, 3.63) is 53.6 Å². The van der Waals surface area contributed by atoms with Crippen LogP contribution in [0.5, 0.6) is 5.75 Å². The Morgan fingerprint density at radius 2 is 2.08 bits per heavy atom. The molecule has 1 heterocycles. The van der Waals surface area contributed by atoms with E-state index in [1.807, 2.05) is 33.2 Å². The van der Waals surface area contributed by atoms with E-state index in [0.29, 0.717) is 11.3 Å². The third-order valence-electron chi connectivity index (χ3n) is 3.59. The summed E-state index contributed by atoms with van der Waals surface area (Å²) in [5, 5.41) is 15.3. The number of aliphatic hydroxyl groups is 1. The summed E-state index contributed by atoms with van der Waals surface area (Å²) in [7, 11) is 1.82. The highest BCUT2D eigenvalue weighted by Crippen LogP contribution is 2.19. The summed E-state index contributed by atoms with van der Waals surface area (Å²) in [5.41, 5.74) is 1.33. The molecule has 0 aliphatic rings. The summed E-state index contributed by atoms with van der Waals surface area (Å²) in [5.74, 6) is -0.276. The molecule has 0 fully saturated rings. The molecule has 0 bridgehead atoms. The molecular formula is C18H24FN3O3. The number of nitrogens with zero attached hydrogens (tertiary/aromatic N) is 1. The molecule has 2 aromatic rings. The molecule has 0 saturated heterocycles. The number of halogens is 1. The minimum absolute atomic E-state index is 0.0826. The van der Waals surface area contributed by atoms with Gasteiger partial charge in [0.05, 0.1) is 12.6 Å². The lowest BCUT2D eigenvalue weighted by Crippen LogP contribution is -2.37. The third-order valence-corrected chi connectivity index (χ3v) is 3.59. The van der Waals surface area contributed by atoms with Crippen molar-refractivity contribution in [2.75, 3.05) is 6.54 Å². The standard InChI is InChI=1S/C18H24FN3O3/c1-12(2)25-17-7-6-13(9-14(17)19)10-20-18(24)21-11-16(23)15-5-4-8-22(15)3/h4-9,12,16,23H,10-11H2,1-3H3,(H2,20,21,24)/t16-/m1/s1. The van der Waals surface area contributed by atoms with Gasteiger partial charge in [-0.15, -0.1) is 0 Å². The Hall–Kier alpha value is -2.54. The first kappa shape index (κ1) is 18.8. The number of benzene rings is 1. The van der Waals surface area contributed by atoms with E-state index < -0.39 is 18.0 Å². The first-order valence-corrected chi connectivity index (χ1v) is 8.13. The van der Waals surface area contributed by atoms with Gasteiger partial charge in [0.15, 0.2) is 11.6 Å². The van der Waals surface area contributed by atoms with Crippen molar-refractivity contribution in [3.63, 3.8) is 0 Å². The van der Waals surface area contributed by atoms with Crippen LogP contribution in [0.1, 0.15) is 31.2 Å². The molecule has 0 spiro atoms. The Morgan fingerprint density at radius 3 is 2.68 bits per heavy atom. The fourth-order valence-corrected chi connectivity index (χ4v) is 2.36. The Labute approximate surface area is 146 Å². The zero-order valence-electron chi connectivity index (χ0n) is 14.6. The molecule has 1 atom stereocenters. The summed E-state index contributed by atoms with van der Waals surface area (Å²) < 4.78 is 21.0. The maximum atomic E-state index is 13.9. The molecule has 25 heavy (non-hydrogen) atoms. The van der Waals surface area contributed by atoms with Crippen LogP contribution in [0.15, 0.2) is 36.5 Å². The third kappa shape index (κ3) is 5.49. The van der Waals surface area contributed by atoms with Gasteiger partial charge in [0.1, 0.15) is 6.10 Å². The number of amides is 2. The maximum Gasteiger partial charge on any atom is 0.315 e. The maximum absolute atomic E-state index is 13.9. The van der Waals surface area contributed by atoms with E-state index in [-0.39, 0.29) is 24.9 Å². The summed E-state index contributed by atoms with van der Waals surface area (Å²) in [6.45, 7) is 3.90. The van der Waals surface area contributed by atoms with Gasteiger partial charge in [-0.2, -0.15) is 0 Å². The van der Waals surface area contributed by atoms with Crippen molar-refractivity contribution < 1.29 is 19.0 Å². The number of aliphatic hydroxyl groups excluding tert-OH is 1. The van der Waals surface area contributed by atoms with Crippen LogP contribution in [0.2, 0.25) is 0 Å². The smallest absolute Gasteiger partial charge is 0.315 e. The van der Waals surface area contributed by atoms with Gasteiger partial charge in [-0.3, -0.25) is 0 Å². The fraction of sp³-hybridized carbons (Fsp3) is 0.389. The van der Waals surface area contributed by atoms with Gasteiger partial charge in [-0.25, -0.2) is 9.18 Å². The van der Waals surface area contributed by atoms with Crippen molar-refractivity contribution in [2.24, 2.45) is 7.05 Å². The van der Waals surface area contributed by atoms with Crippen LogP contribution in [-0.2, 0) is 13.6 Å². The lowest BCUT2D eigenvalue weighted by molar-refractivity contribution is 0.166. The van der Waals surface area contributed by atoms with Crippen LogP contribution in [0.4, 0.5) is 9.18 Å². The molecule has 136 valence electrons. The van der Waals surface area contributed by atoms with Crippen molar-refractivity contribution in [1.29, 1.82) is 0 Å². The Kier molecular flexibility index (Phi) is 6.41. The number of hydrogen-bond donors (Lipinski definition) is 3. The highest BCUT2D eigenvalue weighted by Gasteiger charge is 2.12. The summed E-state index contributed by atoms with van der Waals surface area (Å²) in [6.07, 6.45) is 0.912. The number of ether oxygens (including phenoxy) is 1. The number of aryl methyl sites for hydroxylation is 1. The van der Waals surface area contributed by atoms with Crippen LogP contribution in [0.3, 0.4) is 0 Å². The second-order valence-corrected chi connectivity index (χ2v) is 6.05. The minimum Gasteiger partial charge on any atom is -0.488 e. The van der Waals surface area contributed by atoms with Gasteiger partial charge in [0.25, 0.3) is 0 Å². The molecule has 2 rings (SSSR count). The van der Waals surface area contributed by atoms with E-state index in [0.717, 1.165) is 0 Å². The molecule has 7 heteroatoms. The van der Waals surface area contributed by atoms with Gasteiger partial charge in [0, 0.05) is 25.5 Å². The Morgan fingerprint density at radius 1 is 1.32 bits per heavy atom. The molecule has 1 aromatic heterocycles. The van der Waals surface area contributed by atoms with Crippen LogP contribution < -0.4 is 15.4 Å². The number of urea groups is 1. The van der Waals surface area contributed by atoms with Crippen molar-refractivity contribution in [3.8, 4) is 5.75 Å². The number of hydrogen-bond acceptors (Lipinski definition) is 3. The van der Waals surface area contributed by atoms with E-state index in [4.69, 9.17) is 4.74 Å². The number of nitrogens with one attached hydrogen (secondary N) is 2. The zero-order chi connectivity index (χ0) is 18.4. The normalized spacial score (nSPS) is 12.1. The Bertz CT molecular complexity index is 715. The monoisotopic (exact) mass is 349 g/mol. The number of carbonyl (C=O) groups is 1. The topological polar surface area (TPSA) is 75.5 Å². The molecule has 2 amide bonds. The van der Waals surface area contributed by atoms with E-state index in [1.165, 1.54) is 6.07 Å². The summed E-state index contributed by atoms with van der Waals surface area (Å²) >= 11 is 0. The predicted octanol–water partition coefficient (Wildman–Crippen LogP) is 2.48. The fourth-order valence-electron chi connectivity index (χ4n) is 2.36. The first-order valence-electron chi connectivity index (χ1n) is 8.13. The lowest BCUT2D eigenvalue weighted by atomic mass is 10.2. The molecule has 0 aliphatic heterocycles. The van der Waals surface area contributed by atoms with Crippen LogP contribution in [0, 0.1) is 5.82 Å². The minimum atomic E-state index is -0.796. The molecule has 3 N–H and O–H groups in total. The SMILES string of the molecule is CC(C)Oc1ccc(CNC(=O)NC[C@@H](O)c2cccn2C)cc1F. The number of rotatable bonds is 7. The van der Waals surface area contributed by atoms with Gasteiger partial charge in [0.2, 0.25) is 0 Å². The molecular weight excluding hydrogens is 325 g/mol. The van der Waals surface area contributed by atoms with E-state index in [2.05, 4.69) is 10.6 Å². The molecule has 0 unspecified atom stereocenters. The van der Waals surface area contributed by atoms with E-state index in [1.54, 1.807) is 22.8 Å². The molecule has 6 nitrogen and oxygen atoms in total. The highest BCUT2D eigenvalue weighted by atomic mass is 19.1. The van der Waals surface area contributed by atoms with Crippen molar-refractivity contribution >= 4 is 6.03 Å². The largest absolute Gasteiger partial charge is 0.488 e. The lowest BCUT2D eigenvalue weighted by Gasteiger charge is -2.14. The molecule has 0 saturated carbocycles. The first-order chi connectivity index (χ1) is 11.9. The predicted molar refractivity (Wildman–Crippen MR) is 92.8 cm³/mol. The number of carbonyl (C=O) groups excluding carboxylic acids is 1. The van der Waals surface area contributed by atoms with Crippen LogP contribution in [-0.4, -0.2) is 28.4 Å². The Balaban J connectivity index is 1.80. The van der Waals surface area contributed by atoms with Gasteiger partial charge < -0.3 is 25.0 Å². The van der Waals surface area contributed by atoms with Gasteiger partial charge in [-0.05, 0) is 43.7 Å². The van der Waals surface area contributed by atoms with Crippen LogP contribution in [0.25, 0.3) is 0 Å². The van der Waals surface area contributed by atoms with Gasteiger partial charge >= 0.3 is 6.03 Å². The summed E-state index contributed by atoms with van der Waals surface area (Å²) in [6, 6.07) is 7.74. The quantitative estimate of drug-likeness (QED) is 0.719. The van der Waals surface area contributed by atoms with Gasteiger partial charge in [-0.1, -0.05) is 6.07 Å². The second kappa shape index (κ2) is 8.53. The van der Waals surface area contributed by atoms with E-state index in [9.17, 15) is 14.3 Å². The average molecular weight is 349 g/mol. The van der Waals surface area contributed by atoms with Crippen LogP contribution >= 0.6 is 0 Å². The average Bonchev–Trinajstić information content (AvgIpc) is 2.98. The molecule has 0 aliphatic carbocycles. The molecule has 0 radical (unpaired) electrons. The number of aromatic nitrogens is 1. The molecule has 1 aromatic carbocycles.